The second-order valence-corrected chi connectivity index (χ2v) is 7.58. The molecule has 1 aromatic carbocycles. The minimum atomic E-state index is -0.366. The Hall–Kier alpha value is -2.77. The lowest BCUT2D eigenvalue weighted by Crippen LogP contribution is -2.44. The van der Waals surface area contributed by atoms with Gasteiger partial charge in [-0.25, -0.2) is 0 Å². The average molecular weight is 402 g/mol. The van der Waals surface area contributed by atoms with Crippen molar-refractivity contribution in [1.29, 1.82) is 0 Å². The van der Waals surface area contributed by atoms with E-state index in [1.807, 2.05) is 6.07 Å². The molecule has 1 aromatic rings. The van der Waals surface area contributed by atoms with Gasteiger partial charge in [0.05, 0.1) is 18.4 Å². The van der Waals surface area contributed by atoms with E-state index in [0.717, 1.165) is 5.69 Å². The fraction of sp³-hybridized carbons (Fsp3) is 0.571. The summed E-state index contributed by atoms with van der Waals surface area (Å²) in [6.07, 6.45) is 1.42. The molecule has 3 aliphatic rings. The first kappa shape index (κ1) is 19.5. The van der Waals surface area contributed by atoms with E-state index in [0.29, 0.717) is 63.8 Å². The second-order valence-electron chi connectivity index (χ2n) is 7.58. The first-order valence-electron chi connectivity index (χ1n) is 10.2. The summed E-state index contributed by atoms with van der Waals surface area (Å²) < 4.78 is 16.2. The standard InChI is InChI=1S/C21H26N2O6/c1-2-27-21(26)14-5-7-22(8-6-14)20(25)15-11-19(24)23(13-15)16-3-4-17-18(12-16)29-10-9-28-17/h3-4,12,14-15H,2,5-11,13H2,1H3/t15-/m1/s1. The number of ether oxygens (including phenoxy) is 3. The van der Waals surface area contributed by atoms with Gasteiger partial charge in [0, 0.05) is 37.8 Å². The summed E-state index contributed by atoms with van der Waals surface area (Å²) in [5, 5.41) is 0. The lowest BCUT2D eigenvalue weighted by molar-refractivity contribution is -0.151. The highest BCUT2D eigenvalue weighted by molar-refractivity contribution is 6.00. The van der Waals surface area contributed by atoms with E-state index in [1.165, 1.54) is 0 Å². The maximum absolute atomic E-state index is 12.9. The van der Waals surface area contributed by atoms with Crippen molar-refractivity contribution < 1.29 is 28.6 Å². The van der Waals surface area contributed by atoms with Crippen molar-refractivity contribution >= 4 is 23.5 Å². The number of likely N-dealkylation sites (tertiary alicyclic amines) is 1. The molecule has 0 aliphatic carbocycles. The summed E-state index contributed by atoms with van der Waals surface area (Å²) in [7, 11) is 0. The molecule has 1 atom stereocenters. The maximum Gasteiger partial charge on any atom is 0.309 e. The van der Waals surface area contributed by atoms with Crippen molar-refractivity contribution in [2.75, 3.05) is 44.4 Å². The van der Waals surface area contributed by atoms with E-state index in [2.05, 4.69) is 0 Å². The summed E-state index contributed by atoms with van der Waals surface area (Å²) in [6.45, 7) is 4.56. The molecule has 2 amide bonds. The first-order chi connectivity index (χ1) is 14.1. The average Bonchev–Trinajstić information content (AvgIpc) is 3.14. The number of anilines is 1. The predicted octanol–water partition coefficient (Wildman–Crippen LogP) is 1.61. The van der Waals surface area contributed by atoms with Crippen molar-refractivity contribution in [2.24, 2.45) is 11.8 Å². The molecule has 8 heteroatoms. The molecule has 29 heavy (non-hydrogen) atoms. The Bertz CT molecular complexity index is 802. The minimum absolute atomic E-state index is 0.0132. The van der Waals surface area contributed by atoms with Crippen molar-refractivity contribution in [3.05, 3.63) is 18.2 Å². The van der Waals surface area contributed by atoms with Crippen LogP contribution in [0.4, 0.5) is 5.69 Å². The molecule has 4 rings (SSSR count). The van der Waals surface area contributed by atoms with E-state index >= 15 is 0 Å². The molecule has 8 nitrogen and oxygen atoms in total. The summed E-state index contributed by atoms with van der Waals surface area (Å²) >= 11 is 0. The van der Waals surface area contributed by atoms with Gasteiger partial charge in [-0.05, 0) is 31.9 Å². The fourth-order valence-electron chi connectivity index (χ4n) is 4.18. The molecule has 2 fully saturated rings. The summed E-state index contributed by atoms with van der Waals surface area (Å²) in [6, 6.07) is 5.42. The van der Waals surface area contributed by atoms with Crippen molar-refractivity contribution in [3.8, 4) is 11.5 Å². The number of carbonyl (C=O) groups is 3. The molecular formula is C21H26N2O6. The first-order valence-corrected chi connectivity index (χ1v) is 10.2. The number of hydrogen-bond acceptors (Lipinski definition) is 6. The molecule has 0 spiro atoms. The quantitative estimate of drug-likeness (QED) is 0.712. The molecule has 0 aromatic heterocycles. The van der Waals surface area contributed by atoms with Crippen LogP contribution in [0.5, 0.6) is 11.5 Å². The van der Waals surface area contributed by atoms with Gasteiger partial charge < -0.3 is 24.0 Å². The van der Waals surface area contributed by atoms with Crippen LogP contribution in [0.25, 0.3) is 0 Å². The number of nitrogens with zero attached hydrogens (tertiary/aromatic N) is 2. The summed E-state index contributed by atoms with van der Waals surface area (Å²) in [4.78, 5) is 40.8. The number of rotatable bonds is 4. The highest BCUT2D eigenvalue weighted by atomic mass is 16.6. The van der Waals surface area contributed by atoms with E-state index in [4.69, 9.17) is 14.2 Å². The minimum Gasteiger partial charge on any atom is -0.486 e. The van der Waals surface area contributed by atoms with Gasteiger partial charge in [0.25, 0.3) is 0 Å². The summed E-state index contributed by atoms with van der Waals surface area (Å²) in [5.41, 5.74) is 0.718. The van der Waals surface area contributed by atoms with Gasteiger partial charge in [0.15, 0.2) is 11.5 Å². The zero-order valence-electron chi connectivity index (χ0n) is 16.6. The zero-order valence-corrected chi connectivity index (χ0v) is 16.6. The topological polar surface area (TPSA) is 85.4 Å². The van der Waals surface area contributed by atoms with Crippen LogP contribution in [0.15, 0.2) is 18.2 Å². The highest BCUT2D eigenvalue weighted by Gasteiger charge is 2.39. The third-order valence-electron chi connectivity index (χ3n) is 5.74. The highest BCUT2D eigenvalue weighted by Crippen LogP contribution is 2.36. The second kappa shape index (κ2) is 8.31. The van der Waals surface area contributed by atoms with Crippen molar-refractivity contribution in [2.45, 2.75) is 26.2 Å². The van der Waals surface area contributed by atoms with Gasteiger partial charge >= 0.3 is 5.97 Å². The predicted molar refractivity (Wildman–Crippen MR) is 104 cm³/mol. The van der Waals surface area contributed by atoms with Crippen molar-refractivity contribution in [3.63, 3.8) is 0 Å². The van der Waals surface area contributed by atoms with Gasteiger partial charge in [0.1, 0.15) is 13.2 Å². The molecular weight excluding hydrogens is 376 g/mol. The van der Waals surface area contributed by atoms with Crippen LogP contribution < -0.4 is 14.4 Å². The Morgan fingerprint density at radius 2 is 1.83 bits per heavy atom. The van der Waals surface area contributed by atoms with Crippen LogP contribution in [0.3, 0.4) is 0 Å². The van der Waals surface area contributed by atoms with Gasteiger partial charge in [-0.1, -0.05) is 0 Å². The number of fused-ring (bicyclic) bond motifs is 1. The zero-order chi connectivity index (χ0) is 20.4. The molecule has 0 radical (unpaired) electrons. The lowest BCUT2D eigenvalue weighted by Gasteiger charge is -2.32. The van der Waals surface area contributed by atoms with E-state index in [-0.39, 0.29) is 36.0 Å². The van der Waals surface area contributed by atoms with Crippen LogP contribution in [-0.2, 0) is 19.1 Å². The third kappa shape index (κ3) is 4.02. The van der Waals surface area contributed by atoms with Gasteiger partial charge in [-0.15, -0.1) is 0 Å². The molecule has 3 heterocycles. The van der Waals surface area contributed by atoms with E-state index in [1.54, 1.807) is 28.9 Å². The number of hydrogen-bond donors (Lipinski definition) is 0. The molecule has 3 aliphatic heterocycles. The Kier molecular flexibility index (Phi) is 5.60. The number of esters is 1. The van der Waals surface area contributed by atoms with Crippen LogP contribution in [-0.4, -0.2) is 62.1 Å². The van der Waals surface area contributed by atoms with Gasteiger partial charge in [0.2, 0.25) is 11.8 Å². The normalized spacial score (nSPS) is 22.0. The van der Waals surface area contributed by atoms with E-state index in [9.17, 15) is 14.4 Å². The maximum atomic E-state index is 12.9. The lowest BCUT2D eigenvalue weighted by atomic mass is 9.95. The Morgan fingerprint density at radius 3 is 2.55 bits per heavy atom. The summed E-state index contributed by atoms with van der Waals surface area (Å²) in [5.74, 6) is 0.525. The van der Waals surface area contributed by atoms with E-state index < -0.39 is 0 Å². The fourth-order valence-corrected chi connectivity index (χ4v) is 4.18. The molecule has 0 saturated carbocycles. The number of carbonyl (C=O) groups excluding carboxylic acids is 3. The van der Waals surface area contributed by atoms with Gasteiger partial charge in [-0.3, -0.25) is 14.4 Å². The largest absolute Gasteiger partial charge is 0.486 e. The van der Waals surface area contributed by atoms with Gasteiger partial charge in [-0.2, -0.15) is 0 Å². The van der Waals surface area contributed by atoms with Crippen LogP contribution >= 0.6 is 0 Å². The molecule has 0 bridgehead atoms. The Morgan fingerprint density at radius 1 is 1.10 bits per heavy atom. The number of amides is 2. The SMILES string of the molecule is CCOC(=O)C1CCN(C(=O)[C@@H]2CC(=O)N(c3ccc4c(c3)OCCO4)C2)CC1. The van der Waals surface area contributed by atoms with Crippen LogP contribution in [0.1, 0.15) is 26.2 Å². The molecule has 156 valence electrons. The number of benzene rings is 1. The monoisotopic (exact) mass is 402 g/mol. The number of piperidine rings is 1. The molecule has 0 N–H and O–H groups in total. The third-order valence-corrected chi connectivity index (χ3v) is 5.74. The Balaban J connectivity index is 1.37. The molecule has 0 unspecified atom stereocenters. The molecule has 2 saturated heterocycles. The van der Waals surface area contributed by atoms with Crippen LogP contribution in [0.2, 0.25) is 0 Å². The van der Waals surface area contributed by atoms with Crippen LogP contribution in [0, 0.1) is 11.8 Å². The smallest absolute Gasteiger partial charge is 0.309 e. The Labute approximate surface area is 169 Å². The van der Waals surface area contributed by atoms with Crippen molar-refractivity contribution in [1.82, 2.24) is 4.90 Å².